The van der Waals surface area contributed by atoms with Gasteiger partial charge in [-0.3, -0.25) is 0 Å². The molecule has 3 nitrogen and oxygen atoms in total. The molecular weight excluding hydrogens is 691 g/mol. The standard InChI is InChI=1S/C54H35N3/c1-5-17-36(18-6-1)38-33-39(37-19-7-2-8-20-37)35-42(34-38)57-53-43(29-31-49-51(53)45-25-13-15-27-47(45)55(49)40-21-9-3-10-22-40)44-30-32-50-52(54(44)57)46-26-14-16-28-48(46)56(50)41-23-11-4-12-24-41/h1-35H. The second kappa shape index (κ2) is 12.5. The van der Waals surface area contributed by atoms with Crippen molar-refractivity contribution in [3.63, 3.8) is 0 Å². The number of aromatic nitrogens is 3. The van der Waals surface area contributed by atoms with Crippen LogP contribution in [0.3, 0.4) is 0 Å². The molecule has 12 aromatic rings. The molecule has 266 valence electrons. The number of nitrogens with zero attached hydrogens (tertiary/aromatic N) is 3. The van der Waals surface area contributed by atoms with Gasteiger partial charge in [0.05, 0.1) is 33.1 Å². The zero-order valence-electron chi connectivity index (χ0n) is 31.0. The van der Waals surface area contributed by atoms with Crippen LogP contribution in [0.5, 0.6) is 0 Å². The van der Waals surface area contributed by atoms with Crippen molar-refractivity contribution in [1.29, 1.82) is 0 Å². The first-order valence-electron chi connectivity index (χ1n) is 19.6. The smallest absolute Gasteiger partial charge is 0.0641 e. The third kappa shape index (κ3) is 4.73. The Hall–Kier alpha value is -7.62. The van der Waals surface area contributed by atoms with Gasteiger partial charge in [-0.1, -0.05) is 146 Å². The van der Waals surface area contributed by atoms with E-state index in [1.54, 1.807) is 0 Å². The molecule has 0 atom stereocenters. The van der Waals surface area contributed by atoms with E-state index in [1.807, 2.05) is 0 Å². The largest absolute Gasteiger partial charge is 0.309 e. The van der Waals surface area contributed by atoms with Crippen molar-refractivity contribution < 1.29 is 0 Å². The normalized spacial score (nSPS) is 11.9. The summed E-state index contributed by atoms with van der Waals surface area (Å²) in [5.41, 5.74) is 15.3. The minimum Gasteiger partial charge on any atom is -0.309 e. The lowest BCUT2D eigenvalue weighted by molar-refractivity contribution is 1.17. The van der Waals surface area contributed by atoms with Crippen molar-refractivity contribution in [2.75, 3.05) is 0 Å². The molecule has 0 aliphatic carbocycles. The van der Waals surface area contributed by atoms with E-state index in [0.29, 0.717) is 0 Å². The molecule has 3 heteroatoms. The van der Waals surface area contributed by atoms with E-state index in [4.69, 9.17) is 0 Å². The van der Waals surface area contributed by atoms with Crippen molar-refractivity contribution in [3.8, 4) is 39.3 Å². The topological polar surface area (TPSA) is 14.8 Å². The van der Waals surface area contributed by atoms with Crippen LogP contribution in [0, 0.1) is 0 Å². The minimum absolute atomic E-state index is 1.13. The van der Waals surface area contributed by atoms with E-state index in [0.717, 1.165) is 17.1 Å². The van der Waals surface area contributed by atoms with Crippen LogP contribution in [0.2, 0.25) is 0 Å². The van der Waals surface area contributed by atoms with Crippen LogP contribution in [0.4, 0.5) is 0 Å². The summed E-state index contributed by atoms with van der Waals surface area (Å²) in [5, 5.41) is 7.42. The first-order valence-corrected chi connectivity index (χ1v) is 19.6. The molecule has 0 aliphatic heterocycles. The molecule has 0 unspecified atom stereocenters. The molecule has 0 radical (unpaired) electrons. The zero-order chi connectivity index (χ0) is 37.5. The van der Waals surface area contributed by atoms with Crippen molar-refractivity contribution in [2.45, 2.75) is 0 Å². The first kappa shape index (κ1) is 31.7. The highest BCUT2D eigenvalue weighted by Crippen LogP contribution is 2.47. The van der Waals surface area contributed by atoms with E-state index in [1.165, 1.54) is 87.7 Å². The van der Waals surface area contributed by atoms with Gasteiger partial charge in [-0.05, 0) is 89.0 Å². The Morgan fingerprint density at radius 3 is 1.05 bits per heavy atom. The van der Waals surface area contributed by atoms with Gasteiger partial charge in [0.1, 0.15) is 0 Å². The highest BCUT2D eigenvalue weighted by Gasteiger charge is 2.25. The molecule has 9 aromatic carbocycles. The van der Waals surface area contributed by atoms with Crippen LogP contribution in [0.15, 0.2) is 212 Å². The van der Waals surface area contributed by atoms with Gasteiger partial charge in [-0.25, -0.2) is 0 Å². The molecule has 0 bridgehead atoms. The lowest BCUT2D eigenvalue weighted by Gasteiger charge is -2.15. The Balaban J connectivity index is 1.33. The first-order chi connectivity index (χ1) is 28.3. The lowest BCUT2D eigenvalue weighted by Crippen LogP contribution is -1.98. The number of hydrogen-bond acceptors (Lipinski definition) is 0. The van der Waals surface area contributed by atoms with Crippen molar-refractivity contribution in [2.24, 2.45) is 0 Å². The van der Waals surface area contributed by atoms with Gasteiger partial charge in [-0.15, -0.1) is 0 Å². The van der Waals surface area contributed by atoms with Crippen molar-refractivity contribution in [3.05, 3.63) is 212 Å². The molecule has 12 rings (SSSR count). The van der Waals surface area contributed by atoms with Crippen LogP contribution < -0.4 is 0 Å². The second-order valence-electron chi connectivity index (χ2n) is 14.9. The van der Waals surface area contributed by atoms with Crippen LogP contribution in [0.1, 0.15) is 0 Å². The SMILES string of the molecule is c1ccc(-c2cc(-c3ccccc3)cc(-n3c4c(ccc5c4c4ccccc4n5-c4ccccc4)c4ccc5c(c6ccccc6n5-c5ccccc5)c43)c2)cc1. The number of rotatable bonds is 5. The average Bonchev–Trinajstić information content (AvgIpc) is 3.93. The molecule has 0 amide bonds. The molecule has 0 N–H and O–H groups in total. The Bertz CT molecular complexity index is 3250. The van der Waals surface area contributed by atoms with Crippen LogP contribution in [-0.2, 0) is 0 Å². The molecular formula is C54H35N3. The third-order valence-corrected chi connectivity index (χ3v) is 11.8. The van der Waals surface area contributed by atoms with Gasteiger partial charge in [-0.2, -0.15) is 0 Å². The quantitative estimate of drug-likeness (QED) is 0.168. The summed E-state index contributed by atoms with van der Waals surface area (Å²) in [4.78, 5) is 0. The summed E-state index contributed by atoms with van der Waals surface area (Å²) in [5.74, 6) is 0. The van der Waals surface area contributed by atoms with Crippen LogP contribution >= 0.6 is 0 Å². The van der Waals surface area contributed by atoms with Crippen LogP contribution in [-0.4, -0.2) is 13.7 Å². The summed E-state index contributed by atoms with van der Waals surface area (Å²) in [6, 6.07) is 77.5. The monoisotopic (exact) mass is 725 g/mol. The molecule has 3 aromatic heterocycles. The van der Waals surface area contributed by atoms with E-state index in [2.05, 4.69) is 226 Å². The van der Waals surface area contributed by atoms with Gasteiger partial charge in [0.2, 0.25) is 0 Å². The molecule has 0 aliphatic rings. The summed E-state index contributed by atoms with van der Waals surface area (Å²) >= 11 is 0. The van der Waals surface area contributed by atoms with Gasteiger partial charge in [0, 0.05) is 49.4 Å². The molecule has 0 fully saturated rings. The predicted molar refractivity (Wildman–Crippen MR) is 240 cm³/mol. The zero-order valence-corrected chi connectivity index (χ0v) is 31.0. The van der Waals surface area contributed by atoms with E-state index in [9.17, 15) is 0 Å². The predicted octanol–water partition coefficient (Wildman–Crippen LogP) is 14.3. The van der Waals surface area contributed by atoms with Gasteiger partial charge >= 0.3 is 0 Å². The highest BCUT2D eigenvalue weighted by molar-refractivity contribution is 6.31. The number of benzene rings is 9. The molecule has 3 heterocycles. The Kier molecular flexibility index (Phi) is 6.93. The Morgan fingerprint density at radius 1 is 0.228 bits per heavy atom. The summed E-state index contributed by atoms with van der Waals surface area (Å²) < 4.78 is 7.45. The van der Waals surface area contributed by atoms with Gasteiger partial charge < -0.3 is 13.7 Å². The van der Waals surface area contributed by atoms with Crippen LogP contribution in [0.25, 0.3) is 105 Å². The maximum Gasteiger partial charge on any atom is 0.0641 e. The molecule has 57 heavy (non-hydrogen) atoms. The van der Waals surface area contributed by atoms with Crippen molar-refractivity contribution >= 4 is 65.4 Å². The van der Waals surface area contributed by atoms with Gasteiger partial charge in [0.25, 0.3) is 0 Å². The highest BCUT2D eigenvalue weighted by atomic mass is 15.0. The molecule has 0 saturated carbocycles. The van der Waals surface area contributed by atoms with E-state index in [-0.39, 0.29) is 0 Å². The summed E-state index contributed by atoms with van der Waals surface area (Å²) in [6.45, 7) is 0. The number of para-hydroxylation sites is 4. The minimum atomic E-state index is 1.13. The fourth-order valence-electron chi connectivity index (χ4n) is 9.40. The fraction of sp³-hybridized carbons (Fsp3) is 0. The maximum absolute atomic E-state index is 2.60. The third-order valence-electron chi connectivity index (χ3n) is 11.8. The summed E-state index contributed by atoms with van der Waals surface area (Å²) in [7, 11) is 0. The average molecular weight is 726 g/mol. The summed E-state index contributed by atoms with van der Waals surface area (Å²) in [6.07, 6.45) is 0. The maximum atomic E-state index is 2.60. The van der Waals surface area contributed by atoms with Gasteiger partial charge in [0.15, 0.2) is 0 Å². The van der Waals surface area contributed by atoms with Crippen molar-refractivity contribution in [1.82, 2.24) is 13.7 Å². The Morgan fingerprint density at radius 2 is 0.614 bits per heavy atom. The Labute approximate surface area is 329 Å². The number of hydrogen-bond donors (Lipinski definition) is 0. The van der Waals surface area contributed by atoms with E-state index >= 15 is 0 Å². The second-order valence-corrected chi connectivity index (χ2v) is 14.9. The lowest BCUT2D eigenvalue weighted by atomic mass is 9.97. The number of fused-ring (bicyclic) bond motifs is 11. The molecule has 0 spiro atoms. The fourth-order valence-corrected chi connectivity index (χ4v) is 9.40. The molecule has 0 saturated heterocycles. The van der Waals surface area contributed by atoms with E-state index < -0.39 is 0 Å².